The fraction of sp³-hybridized carbons (Fsp3) is 0.211. The highest BCUT2D eigenvalue weighted by atomic mass is 16.5. The van der Waals surface area contributed by atoms with Crippen LogP contribution in [0, 0.1) is 0 Å². The zero-order chi connectivity index (χ0) is 17.3. The van der Waals surface area contributed by atoms with Crippen molar-refractivity contribution >= 4 is 16.7 Å². The molecule has 0 amide bonds. The van der Waals surface area contributed by atoms with Gasteiger partial charge in [0.1, 0.15) is 17.0 Å². The Hall–Kier alpha value is -3.19. The highest BCUT2D eigenvalue weighted by molar-refractivity contribution is 6.00. The van der Waals surface area contributed by atoms with Crippen LogP contribution >= 0.6 is 0 Å². The van der Waals surface area contributed by atoms with Gasteiger partial charge in [0.15, 0.2) is 0 Å². The molecule has 0 saturated carbocycles. The fourth-order valence-corrected chi connectivity index (χ4v) is 3.40. The number of ether oxygens (including phenoxy) is 1. The molecule has 0 aliphatic carbocycles. The Balaban J connectivity index is 1.77. The molecule has 0 radical (unpaired) electrons. The highest BCUT2D eigenvalue weighted by Gasteiger charge is 2.18. The molecule has 1 aliphatic rings. The SMILES string of the molecule is c1c[nH]c(-c2cc(N3CCOCC3)nc3c(-c4ccn[nH]4)nccc23)c1. The molecular formula is C19H18N6O. The lowest BCUT2D eigenvalue weighted by Crippen LogP contribution is -2.36. The summed E-state index contributed by atoms with van der Waals surface area (Å²) >= 11 is 0. The lowest BCUT2D eigenvalue weighted by Gasteiger charge is -2.28. The molecule has 1 fully saturated rings. The average molecular weight is 346 g/mol. The largest absolute Gasteiger partial charge is 0.378 e. The second-order valence-corrected chi connectivity index (χ2v) is 6.24. The number of hydrogen-bond acceptors (Lipinski definition) is 5. The van der Waals surface area contributed by atoms with Gasteiger partial charge in [-0.3, -0.25) is 10.1 Å². The summed E-state index contributed by atoms with van der Waals surface area (Å²) in [6.07, 6.45) is 5.49. The van der Waals surface area contributed by atoms with E-state index in [-0.39, 0.29) is 0 Å². The van der Waals surface area contributed by atoms with Crippen LogP contribution in [0.4, 0.5) is 5.82 Å². The summed E-state index contributed by atoms with van der Waals surface area (Å²) in [5, 5.41) is 8.13. The van der Waals surface area contributed by atoms with E-state index in [1.165, 1.54) is 0 Å². The van der Waals surface area contributed by atoms with Gasteiger partial charge in [0, 0.05) is 48.3 Å². The van der Waals surface area contributed by atoms with Crippen molar-refractivity contribution in [1.82, 2.24) is 25.1 Å². The minimum Gasteiger partial charge on any atom is -0.378 e. The second-order valence-electron chi connectivity index (χ2n) is 6.24. The van der Waals surface area contributed by atoms with Crippen LogP contribution in [0.5, 0.6) is 0 Å². The molecule has 0 aromatic carbocycles. The lowest BCUT2D eigenvalue weighted by molar-refractivity contribution is 0.122. The zero-order valence-electron chi connectivity index (χ0n) is 14.1. The first-order valence-electron chi connectivity index (χ1n) is 8.66. The van der Waals surface area contributed by atoms with Crippen LogP contribution in [0.25, 0.3) is 33.5 Å². The van der Waals surface area contributed by atoms with E-state index in [1.807, 2.05) is 30.6 Å². The molecular weight excluding hydrogens is 328 g/mol. The van der Waals surface area contributed by atoms with E-state index in [0.717, 1.165) is 65.7 Å². The van der Waals surface area contributed by atoms with Crippen LogP contribution in [0.2, 0.25) is 0 Å². The standard InChI is InChI=1S/C19H18N6O/c1-2-15(20-5-1)14-12-17(25-8-10-26-11-9-25)23-18-13(14)3-6-21-19(18)16-4-7-22-24-16/h1-7,12,20H,8-11H2,(H,22,24). The summed E-state index contributed by atoms with van der Waals surface area (Å²) in [5.41, 5.74) is 4.71. The van der Waals surface area contributed by atoms with Crippen molar-refractivity contribution in [2.75, 3.05) is 31.2 Å². The third kappa shape index (κ3) is 2.53. The predicted molar refractivity (Wildman–Crippen MR) is 99.9 cm³/mol. The van der Waals surface area contributed by atoms with Crippen LogP contribution in [0.3, 0.4) is 0 Å². The Morgan fingerprint density at radius 1 is 1.04 bits per heavy atom. The van der Waals surface area contributed by atoms with Crippen LogP contribution in [0.15, 0.2) is 48.9 Å². The molecule has 7 heteroatoms. The molecule has 0 bridgehead atoms. The first kappa shape index (κ1) is 15.1. The summed E-state index contributed by atoms with van der Waals surface area (Å²) in [4.78, 5) is 15.1. The van der Waals surface area contributed by atoms with Crippen molar-refractivity contribution in [3.8, 4) is 22.6 Å². The van der Waals surface area contributed by atoms with Gasteiger partial charge in [0.25, 0.3) is 0 Å². The number of morpholine rings is 1. The van der Waals surface area contributed by atoms with Crippen LogP contribution in [0.1, 0.15) is 0 Å². The number of aromatic nitrogens is 5. The van der Waals surface area contributed by atoms with E-state index in [9.17, 15) is 0 Å². The first-order valence-corrected chi connectivity index (χ1v) is 8.66. The maximum atomic E-state index is 5.49. The van der Waals surface area contributed by atoms with Gasteiger partial charge in [-0.25, -0.2) is 4.98 Å². The molecule has 26 heavy (non-hydrogen) atoms. The van der Waals surface area contributed by atoms with Gasteiger partial charge in [-0.05, 0) is 30.3 Å². The molecule has 4 aromatic rings. The Kier molecular flexibility index (Phi) is 3.64. The smallest absolute Gasteiger partial charge is 0.130 e. The van der Waals surface area contributed by atoms with Crippen LogP contribution in [-0.4, -0.2) is 51.5 Å². The summed E-state index contributed by atoms with van der Waals surface area (Å²) < 4.78 is 5.49. The maximum Gasteiger partial charge on any atom is 0.130 e. The minimum atomic E-state index is 0.720. The third-order valence-electron chi connectivity index (χ3n) is 4.69. The van der Waals surface area contributed by atoms with Crippen LogP contribution in [-0.2, 0) is 4.74 Å². The molecule has 1 aliphatic heterocycles. The quantitative estimate of drug-likeness (QED) is 0.596. The first-order chi connectivity index (χ1) is 12.9. The number of hydrogen-bond donors (Lipinski definition) is 2. The highest BCUT2D eigenvalue weighted by Crippen LogP contribution is 2.34. The number of aromatic amines is 2. The summed E-state index contributed by atoms with van der Waals surface area (Å²) in [7, 11) is 0. The van der Waals surface area contributed by atoms with Gasteiger partial charge >= 0.3 is 0 Å². The molecule has 130 valence electrons. The normalized spacial score (nSPS) is 14.8. The summed E-state index contributed by atoms with van der Waals surface area (Å²) in [5.74, 6) is 0.944. The Morgan fingerprint density at radius 2 is 1.96 bits per heavy atom. The van der Waals surface area contributed by atoms with E-state index >= 15 is 0 Å². The van der Waals surface area contributed by atoms with E-state index in [2.05, 4.69) is 37.2 Å². The molecule has 0 unspecified atom stereocenters. The molecule has 5 heterocycles. The predicted octanol–water partition coefficient (Wildman–Crippen LogP) is 2.85. The fourth-order valence-electron chi connectivity index (χ4n) is 3.40. The topological polar surface area (TPSA) is 82.7 Å². The third-order valence-corrected chi connectivity index (χ3v) is 4.69. The Bertz CT molecular complexity index is 1020. The Morgan fingerprint density at radius 3 is 2.73 bits per heavy atom. The van der Waals surface area contributed by atoms with E-state index in [4.69, 9.17) is 9.72 Å². The van der Waals surface area contributed by atoms with Crippen molar-refractivity contribution in [1.29, 1.82) is 0 Å². The van der Waals surface area contributed by atoms with Gasteiger partial charge in [-0.15, -0.1) is 0 Å². The molecule has 4 aromatic heterocycles. The number of nitrogens with one attached hydrogen (secondary N) is 2. The number of fused-ring (bicyclic) bond motifs is 1. The average Bonchev–Trinajstić information content (AvgIpc) is 3.41. The Labute approximate surface area is 150 Å². The summed E-state index contributed by atoms with van der Waals surface area (Å²) in [6, 6.07) is 10.2. The molecule has 7 nitrogen and oxygen atoms in total. The lowest BCUT2D eigenvalue weighted by atomic mass is 10.0. The molecule has 5 rings (SSSR count). The molecule has 0 spiro atoms. The van der Waals surface area contributed by atoms with Crippen molar-refractivity contribution in [3.63, 3.8) is 0 Å². The molecule has 0 atom stereocenters. The van der Waals surface area contributed by atoms with Crippen molar-refractivity contribution in [2.24, 2.45) is 0 Å². The van der Waals surface area contributed by atoms with Gasteiger partial charge in [0.2, 0.25) is 0 Å². The second kappa shape index (κ2) is 6.27. The number of rotatable bonds is 3. The number of anilines is 1. The number of nitrogens with zero attached hydrogens (tertiary/aromatic N) is 4. The number of pyridine rings is 2. The van der Waals surface area contributed by atoms with E-state index < -0.39 is 0 Å². The van der Waals surface area contributed by atoms with Gasteiger partial charge in [0.05, 0.1) is 18.9 Å². The summed E-state index contributed by atoms with van der Waals surface area (Å²) in [6.45, 7) is 3.11. The van der Waals surface area contributed by atoms with Crippen molar-refractivity contribution in [3.05, 3.63) is 48.9 Å². The van der Waals surface area contributed by atoms with Gasteiger partial charge in [-0.2, -0.15) is 5.10 Å². The van der Waals surface area contributed by atoms with Crippen molar-refractivity contribution in [2.45, 2.75) is 0 Å². The zero-order valence-corrected chi connectivity index (χ0v) is 14.1. The molecule has 1 saturated heterocycles. The van der Waals surface area contributed by atoms with Gasteiger partial charge in [-0.1, -0.05) is 0 Å². The molecule has 2 N–H and O–H groups in total. The van der Waals surface area contributed by atoms with E-state index in [1.54, 1.807) is 6.20 Å². The van der Waals surface area contributed by atoms with Crippen molar-refractivity contribution < 1.29 is 4.74 Å². The maximum absolute atomic E-state index is 5.49. The number of H-pyrrole nitrogens is 2. The minimum absolute atomic E-state index is 0.720. The monoisotopic (exact) mass is 346 g/mol. The van der Waals surface area contributed by atoms with Crippen LogP contribution < -0.4 is 4.90 Å². The van der Waals surface area contributed by atoms with E-state index in [0.29, 0.717) is 0 Å². The van der Waals surface area contributed by atoms with Gasteiger partial charge < -0.3 is 14.6 Å².